The number of furan rings is 1. The van der Waals surface area contributed by atoms with Gasteiger partial charge < -0.3 is 13.7 Å². The van der Waals surface area contributed by atoms with Crippen LogP contribution < -0.4 is 0 Å². The molecular weight excluding hydrogens is 306 g/mol. The lowest BCUT2D eigenvalue weighted by molar-refractivity contribution is 0.0773. The van der Waals surface area contributed by atoms with Gasteiger partial charge >= 0.3 is 0 Å². The highest BCUT2D eigenvalue weighted by molar-refractivity contribution is 5.97. The maximum absolute atomic E-state index is 13.1. The highest BCUT2D eigenvalue weighted by atomic mass is 16.4. The van der Waals surface area contributed by atoms with E-state index in [9.17, 15) is 4.79 Å². The van der Waals surface area contributed by atoms with Gasteiger partial charge in [0.1, 0.15) is 11.5 Å². The fourth-order valence-corrected chi connectivity index (χ4v) is 4.56. The summed E-state index contributed by atoms with van der Waals surface area (Å²) in [4.78, 5) is 15.1. The Bertz CT molecular complexity index is 807. The van der Waals surface area contributed by atoms with Crippen molar-refractivity contribution in [3.05, 3.63) is 34.4 Å². The minimum atomic E-state index is -0.169. The number of carbonyl (C=O) groups excluding carboxylic acids is 1. The Labute approximate surface area is 141 Å². The van der Waals surface area contributed by atoms with Gasteiger partial charge in [0.15, 0.2) is 0 Å². The minimum absolute atomic E-state index is 0.0619. The third kappa shape index (κ3) is 2.05. The van der Waals surface area contributed by atoms with Gasteiger partial charge in [-0.15, -0.1) is 10.2 Å². The molecule has 0 spiro atoms. The van der Waals surface area contributed by atoms with Gasteiger partial charge in [-0.2, -0.15) is 0 Å². The first-order valence-electron chi connectivity index (χ1n) is 8.59. The summed E-state index contributed by atoms with van der Waals surface area (Å²) in [6.07, 6.45) is 3.26. The van der Waals surface area contributed by atoms with Crippen LogP contribution in [0.4, 0.5) is 0 Å². The van der Waals surface area contributed by atoms with Crippen LogP contribution >= 0.6 is 0 Å². The first kappa shape index (κ1) is 15.4. The third-order valence-corrected chi connectivity index (χ3v) is 5.89. The predicted octanol–water partition coefficient (Wildman–Crippen LogP) is 3.09. The highest BCUT2D eigenvalue weighted by Crippen LogP contribution is 2.50. The molecular formula is C18H23N3O3. The Hall–Kier alpha value is -2.11. The van der Waals surface area contributed by atoms with Crippen molar-refractivity contribution in [1.82, 2.24) is 15.1 Å². The van der Waals surface area contributed by atoms with E-state index in [2.05, 4.69) is 10.2 Å². The Morgan fingerprint density at radius 3 is 2.58 bits per heavy atom. The van der Waals surface area contributed by atoms with E-state index in [0.29, 0.717) is 35.6 Å². The number of aromatic nitrogens is 2. The maximum Gasteiger partial charge on any atom is 0.257 e. The minimum Gasteiger partial charge on any atom is -0.466 e. The molecule has 1 saturated heterocycles. The molecule has 2 fully saturated rings. The van der Waals surface area contributed by atoms with Crippen LogP contribution in [0.1, 0.15) is 58.5 Å². The van der Waals surface area contributed by atoms with Crippen molar-refractivity contribution in [3.63, 3.8) is 0 Å². The molecule has 0 bridgehead atoms. The second-order valence-corrected chi connectivity index (χ2v) is 7.27. The van der Waals surface area contributed by atoms with E-state index in [1.54, 1.807) is 0 Å². The van der Waals surface area contributed by atoms with Gasteiger partial charge in [0.2, 0.25) is 11.8 Å². The van der Waals surface area contributed by atoms with Gasteiger partial charge in [-0.1, -0.05) is 6.42 Å². The summed E-state index contributed by atoms with van der Waals surface area (Å²) in [6, 6.07) is 0. The average molecular weight is 329 g/mol. The second-order valence-electron chi connectivity index (χ2n) is 7.27. The number of hydrogen-bond donors (Lipinski definition) is 0. The topological polar surface area (TPSA) is 72.4 Å². The molecule has 0 aromatic carbocycles. The molecule has 2 aromatic heterocycles. The van der Waals surface area contributed by atoms with E-state index in [1.165, 1.54) is 0 Å². The van der Waals surface area contributed by atoms with Crippen LogP contribution in [-0.2, 0) is 5.41 Å². The van der Waals surface area contributed by atoms with Crippen LogP contribution in [0.15, 0.2) is 8.83 Å². The fraction of sp³-hybridized carbons (Fsp3) is 0.611. The molecule has 128 valence electrons. The Morgan fingerprint density at radius 1 is 1.17 bits per heavy atom. The van der Waals surface area contributed by atoms with Crippen LogP contribution in [0.2, 0.25) is 0 Å². The zero-order valence-corrected chi connectivity index (χ0v) is 14.7. The molecule has 1 amide bonds. The number of carbonyl (C=O) groups is 1. The quantitative estimate of drug-likeness (QED) is 0.846. The lowest BCUT2D eigenvalue weighted by Crippen LogP contribution is -2.35. The van der Waals surface area contributed by atoms with E-state index < -0.39 is 0 Å². The van der Waals surface area contributed by atoms with E-state index >= 15 is 0 Å². The summed E-state index contributed by atoms with van der Waals surface area (Å²) in [5, 5.41) is 8.30. The van der Waals surface area contributed by atoms with E-state index in [0.717, 1.165) is 37.1 Å². The molecule has 6 nitrogen and oxygen atoms in total. The molecule has 0 unspecified atom stereocenters. The summed E-state index contributed by atoms with van der Waals surface area (Å²) in [5.74, 6) is 3.27. The maximum atomic E-state index is 13.1. The van der Waals surface area contributed by atoms with Crippen molar-refractivity contribution in [2.45, 2.75) is 52.4 Å². The zero-order chi connectivity index (χ0) is 17.1. The van der Waals surface area contributed by atoms with Crippen molar-refractivity contribution in [2.24, 2.45) is 5.92 Å². The second kappa shape index (κ2) is 5.19. The van der Waals surface area contributed by atoms with Crippen LogP contribution in [0, 0.1) is 33.6 Å². The standard InChI is InChI=1S/C18H23N3O3/c1-10-11(2)23-12(3)15(10)16(22)21-8-14-6-5-7-18(14,9-21)17-20-19-13(4)24-17/h14H,5-9H2,1-4H3/t14-,18-/m0/s1. The van der Waals surface area contributed by atoms with Crippen molar-refractivity contribution in [2.75, 3.05) is 13.1 Å². The Kier molecular flexibility index (Phi) is 3.34. The van der Waals surface area contributed by atoms with Crippen molar-refractivity contribution in [1.29, 1.82) is 0 Å². The molecule has 0 N–H and O–H groups in total. The summed E-state index contributed by atoms with van der Waals surface area (Å²) in [6.45, 7) is 8.94. The summed E-state index contributed by atoms with van der Waals surface area (Å²) in [5.41, 5.74) is 1.49. The molecule has 4 rings (SSSR count). The molecule has 2 aliphatic rings. The molecule has 3 heterocycles. The van der Waals surface area contributed by atoms with Crippen LogP contribution in [0.25, 0.3) is 0 Å². The number of rotatable bonds is 2. The first-order chi connectivity index (χ1) is 11.4. The normalized spacial score (nSPS) is 26.2. The lowest BCUT2D eigenvalue weighted by atomic mass is 9.80. The largest absolute Gasteiger partial charge is 0.466 e. The third-order valence-electron chi connectivity index (χ3n) is 5.89. The van der Waals surface area contributed by atoms with E-state index in [-0.39, 0.29) is 11.3 Å². The summed E-state index contributed by atoms with van der Waals surface area (Å²) >= 11 is 0. The van der Waals surface area contributed by atoms with Gasteiger partial charge in [-0.25, -0.2) is 0 Å². The smallest absolute Gasteiger partial charge is 0.257 e. The number of fused-ring (bicyclic) bond motifs is 1. The number of nitrogens with zero attached hydrogens (tertiary/aromatic N) is 3. The van der Waals surface area contributed by atoms with Gasteiger partial charge in [-0.05, 0) is 39.5 Å². The molecule has 0 radical (unpaired) electrons. The molecule has 24 heavy (non-hydrogen) atoms. The van der Waals surface area contributed by atoms with Gasteiger partial charge in [-0.3, -0.25) is 4.79 Å². The van der Waals surface area contributed by atoms with Crippen LogP contribution in [-0.4, -0.2) is 34.1 Å². The molecule has 1 aliphatic heterocycles. The predicted molar refractivity (Wildman–Crippen MR) is 86.9 cm³/mol. The average Bonchev–Trinajstić information content (AvgIpc) is 3.23. The zero-order valence-electron chi connectivity index (χ0n) is 14.7. The Balaban J connectivity index is 1.67. The lowest BCUT2D eigenvalue weighted by Gasteiger charge is -2.24. The van der Waals surface area contributed by atoms with Gasteiger partial charge in [0.25, 0.3) is 5.91 Å². The monoisotopic (exact) mass is 329 g/mol. The van der Waals surface area contributed by atoms with E-state index in [4.69, 9.17) is 8.83 Å². The molecule has 1 saturated carbocycles. The van der Waals surface area contributed by atoms with Crippen molar-refractivity contribution < 1.29 is 13.6 Å². The van der Waals surface area contributed by atoms with Crippen LogP contribution in [0.5, 0.6) is 0 Å². The SMILES string of the molecule is Cc1nnc([C@]23CCC[C@H]2CN(C(=O)c2c(C)oc(C)c2C)C3)o1. The molecule has 2 atom stereocenters. The first-order valence-corrected chi connectivity index (χ1v) is 8.59. The number of hydrogen-bond acceptors (Lipinski definition) is 5. The molecule has 6 heteroatoms. The number of aryl methyl sites for hydroxylation is 3. The van der Waals surface area contributed by atoms with Gasteiger partial charge in [0, 0.05) is 25.6 Å². The summed E-state index contributed by atoms with van der Waals surface area (Å²) < 4.78 is 11.4. The molecule has 1 aliphatic carbocycles. The number of likely N-dealkylation sites (tertiary alicyclic amines) is 1. The fourth-order valence-electron chi connectivity index (χ4n) is 4.56. The summed E-state index contributed by atoms with van der Waals surface area (Å²) in [7, 11) is 0. The van der Waals surface area contributed by atoms with Gasteiger partial charge in [0.05, 0.1) is 11.0 Å². The molecule has 2 aromatic rings. The van der Waals surface area contributed by atoms with Crippen molar-refractivity contribution >= 4 is 5.91 Å². The van der Waals surface area contributed by atoms with Crippen molar-refractivity contribution in [3.8, 4) is 0 Å². The highest BCUT2D eigenvalue weighted by Gasteiger charge is 2.55. The van der Waals surface area contributed by atoms with E-state index in [1.807, 2.05) is 32.6 Å². The Morgan fingerprint density at radius 2 is 1.96 bits per heavy atom. The van der Waals surface area contributed by atoms with Crippen LogP contribution in [0.3, 0.4) is 0 Å². The number of amides is 1.